The minimum atomic E-state index is -5.02. The van der Waals surface area contributed by atoms with Gasteiger partial charge in [0.2, 0.25) is 23.8 Å². The van der Waals surface area contributed by atoms with Crippen LogP contribution >= 0.6 is 0 Å². The van der Waals surface area contributed by atoms with E-state index in [9.17, 15) is 25.9 Å². The van der Waals surface area contributed by atoms with E-state index >= 15 is 0 Å². The summed E-state index contributed by atoms with van der Waals surface area (Å²) in [5, 5.41) is 6.23. The van der Waals surface area contributed by atoms with Crippen molar-refractivity contribution >= 4 is 67.6 Å². The number of aromatic nitrogens is 6. The van der Waals surface area contributed by atoms with Gasteiger partial charge in [-0.2, -0.15) is 46.7 Å². The van der Waals surface area contributed by atoms with Crippen LogP contribution in [0.25, 0.3) is 34.9 Å². The summed E-state index contributed by atoms with van der Waals surface area (Å²) in [5.74, 6) is 0.250. The molecule has 0 radical (unpaired) electrons. The molecule has 0 saturated carbocycles. The number of para-hydroxylation sites is 2. The van der Waals surface area contributed by atoms with E-state index in [2.05, 4.69) is 66.9 Å². The molecule has 62 heavy (non-hydrogen) atoms. The molecule has 0 spiro atoms. The fourth-order valence-corrected chi connectivity index (χ4v) is 7.99. The van der Waals surface area contributed by atoms with E-state index in [1.54, 1.807) is 58.4 Å². The molecule has 0 unspecified atom stereocenters. The Labute approximate surface area is 360 Å². The largest absolute Gasteiger partial charge is 0.333 e. The molecular weight excluding hydrogens is 829 g/mol. The van der Waals surface area contributed by atoms with Crippen molar-refractivity contribution in [1.29, 1.82) is 0 Å². The number of nitrogens with one attached hydrogen (secondary N) is 2. The first kappa shape index (κ1) is 44.2. The van der Waals surface area contributed by atoms with Gasteiger partial charge in [-0.15, -0.1) is 26.3 Å². The Bertz CT molecular complexity index is 2650. The van der Waals surface area contributed by atoms with Crippen LogP contribution in [0, 0.1) is 0 Å². The number of benzene rings is 4. The lowest BCUT2D eigenvalue weighted by atomic mass is 10.1. The zero-order valence-corrected chi connectivity index (χ0v) is 34.9. The maximum atomic E-state index is 13.3. The summed E-state index contributed by atoms with van der Waals surface area (Å²) in [7, 11) is -10.0. The minimum absolute atomic E-state index is 0.0634. The Morgan fingerprint density at radius 3 is 1.16 bits per heavy atom. The normalized spacial score (nSPS) is 11.5. The number of hydrogen-bond acceptors (Lipinski definition) is 14. The topological polar surface area (TPSA) is 217 Å². The van der Waals surface area contributed by atoms with Crippen LogP contribution in [0.2, 0.25) is 0 Å². The molecule has 0 bridgehead atoms. The average molecular weight is 871 g/mol. The summed E-state index contributed by atoms with van der Waals surface area (Å²) in [6, 6.07) is 26.8. The fraction of sp³-hybridized carbons (Fsp3) is 0.0909. The molecule has 4 N–H and O–H groups in total. The van der Waals surface area contributed by atoms with Crippen LogP contribution in [0.3, 0.4) is 0 Å². The highest BCUT2D eigenvalue weighted by Crippen LogP contribution is 2.34. The summed E-state index contributed by atoms with van der Waals surface area (Å²) < 4.78 is 74.6. The molecular formula is C44H42N10O6S2. The predicted molar refractivity (Wildman–Crippen MR) is 244 cm³/mol. The maximum Gasteiger partial charge on any atom is 0.295 e. The average Bonchev–Trinajstić information content (AvgIpc) is 3.25. The molecule has 0 fully saturated rings. The molecule has 0 saturated heterocycles. The Morgan fingerprint density at radius 2 is 0.839 bits per heavy atom. The fourth-order valence-electron chi connectivity index (χ4n) is 6.24. The SMILES string of the molecule is C=CCN(CC=C)c1nc(Nc2ccccc2)nc(-c2cccc(/C=C/c3cccc(-c4nc(Nc5ccccc5)nc(N(CC=C)CC=C)n4)c3S(=O)(=O)O)c2S(=O)(=O)O)n1. The van der Waals surface area contributed by atoms with Crippen LogP contribution in [-0.2, 0) is 20.2 Å². The second-order valence-electron chi connectivity index (χ2n) is 13.2. The molecule has 16 nitrogen and oxygen atoms in total. The van der Waals surface area contributed by atoms with Gasteiger partial charge >= 0.3 is 0 Å². The van der Waals surface area contributed by atoms with Gasteiger partial charge in [0, 0.05) is 48.7 Å². The van der Waals surface area contributed by atoms with Crippen molar-refractivity contribution in [3.63, 3.8) is 0 Å². The van der Waals surface area contributed by atoms with Crippen LogP contribution in [-0.4, -0.2) is 82.0 Å². The van der Waals surface area contributed by atoms with E-state index < -0.39 is 30.0 Å². The first-order chi connectivity index (χ1) is 29.8. The Hall–Kier alpha value is -7.38. The van der Waals surface area contributed by atoms with Gasteiger partial charge in [-0.05, 0) is 47.5 Å². The maximum absolute atomic E-state index is 13.3. The van der Waals surface area contributed by atoms with Gasteiger partial charge in [0.15, 0.2) is 11.6 Å². The van der Waals surface area contributed by atoms with E-state index in [1.165, 1.54) is 48.6 Å². The summed E-state index contributed by atoms with van der Waals surface area (Å²) in [6.45, 7) is 16.5. The van der Waals surface area contributed by atoms with Crippen LogP contribution in [0.1, 0.15) is 11.1 Å². The molecule has 0 aliphatic heterocycles. The Morgan fingerprint density at radius 1 is 0.484 bits per heavy atom. The van der Waals surface area contributed by atoms with Gasteiger partial charge < -0.3 is 20.4 Å². The molecule has 316 valence electrons. The van der Waals surface area contributed by atoms with Crippen LogP contribution in [0.15, 0.2) is 157 Å². The van der Waals surface area contributed by atoms with Crippen molar-refractivity contribution in [2.45, 2.75) is 9.79 Å². The van der Waals surface area contributed by atoms with Crippen molar-refractivity contribution in [2.24, 2.45) is 0 Å². The molecule has 2 aromatic heterocycles. The van der Waals surface area contributed by atoms with Crippen molar-refractivity contribution in [1.82, 2.24) is 29.9 Å². The Kier molecular flexibility index (Phi) is 14.1. The number of rotatable bonds is 20. The quantitative estimate of drug-likeness (QED) is 0.0326. The molecule has 0 atom stereocenters. The third-order valence-electron chi connectivity index (χ3n) is 8.80. The van der Waals surface area contributed by atoms with E-state index in [-0.39, 0.29) is 57.7 Å². The number of anilines is 6. The van der Waals surface area contributed by atoms with Crippen molar-refractivity contribution in [3.05, 3.63) is 159 Å². The number of nitrogens with zero attached hydrogens (tertiary/aromatic N) is 8. The molecule has 18 heteroatoms. The van der Waals surface area contributed by atoms with Gasteiger partial charge in [-0.3, -0.25) is 9.11 Å². The van der Waals surface area contributed by atoms with E-state index in [4.69, 9.17) is 0 Å². The Balaban J connectivity index is 1.51. The molecule has 0 aliphatic carbocycles. The van der Waals surface area contributed by atoms with Crippen LogP contribution in [0.4, 0.5) is 35.2 Å². The van der Waals surface area contributed by atoms with E-state index in [0.717, 1.165) is 0 Å². The molecule has 6 rings (SSSR count). The van der Waals surface area contributed by atoms with Crippen LogP contribution < -0.4 is 20.4 Å². The third kappa shape index (κ3) is 10.9. The summed E-state index contributed by atoms with van der Waals surface area (Å²) >= 11 is 0. The first-order valence-corrected chi connectivity index (χ1v) is 21.7. The summed E-state index contributed by atoms with van der Waals surface area (Å²) in [5.41, 5.74) is 0.977. The van der Waals surface area contributed by atoms with Crippen molar-refractivity contribution in [3.8, 4) is 22.8 Å². The first-order valence-electron chi connectivity index (χ1n) is 18.8. The van der Waals surface area contributed by atoms with Gasteiger partial charge in [-0.25, -0.2) is 0 Å². The van der Waals surface area contributed by atoms with Crippen LogP contribution in [0.5, 0.6) is 0 Å². The van der Waals surface area contributed by atoms with E-state index in [1.807, 2.05) is 36.4 Å². The van der Waals surface area contributed by atoms with Gasteiger partial charge in [0.05, 0.1) is 0 Å². The minimum Gasteiger partial charge on any atom is -0.333 e. The number of hydrogen-bond donors (Lipinski definition) is 4. The highest BCUT2D eigenvalue weighted by atomic mass is 32.2. The monoisotopic (exact) mass is 870 g/mol. The molecule has 2 heterocycles. The van der Waals surface area contributed by atoms with Crippen molar-refractivity contribution < 1.29 is 25.9 Å². The summed E-state index contributed by atoms with van der Waals surface area (Å²) in [6.07, 6.45) is 9.13. The molecule has 0 aliphatic rings. The predicted octanol–water partition coefficient (Wildman–Crippen LogP) is 7.90. The lowest BCUT2D eigenvalue weighted by molar-refractivity contribution is 0.481. The smallest absolute Gasteiger partial charge is 0.295 e. The molecule has 0 amide bonds. The molecule has 6 aromatic rings. The summed E-state index contributed by atoms with van der Waals surface area (Å²) in [4.78, 5) is 29.7. The zero-order valence-electron chi connectivity index (χ0n) is 33.3. The second kappa shape index (κ2) is 19.8. The second-order valence-corrected chi connectivity index (χ2v) is 16.0. The third-order valence-corrected chi connectivity index (χ3v) is 10.7. The van der Waals surface area contributed by atoms with Gasteiger partial charge in [0.1, 0.15) is 9.79 Å². The van der Waals surface area contributed by atoms with E-state index in [0.29, 0.717) is 37.6 Å². The standard InChI is InChI=1S/C44H42N10O6S2/c1-5-27-53(28-6-2)43-49-39(47-41(51-43)45-33-19-11-9-12-20-33)35-23-15-17-31(37(35)61(55,56)57)25-26-32-18-16-24-36(38(32)62(58,59)60)40-48-42(46-34-21-13-10-14-22-34)52-44(50-40)54(29-7-3)30-8-4/h5-26H,1-4,27-30H2,(H,55,56,57)(H,58,59,60)(H,45,47,49,51)(H,46,48,50,52)/b26-25+. The lowest BCUT2D eigenvalue weighted by Gasteiger charge is -2.21. The van der Waals surface area contributed by atoms with Crippen molar-refractivity contribution in [2.75, 3.05) is 46.6 Å². The zero-order chi connectivity index (χ0) is 44.3. The highest BCUT2D eigenvalue weighted by molar-refractivity contribution is 7.86. The molecule has 4 aromatic carbocycles. The lowest BCUT2D eigenvalue weighted by Crippen LogP contribution is -2.26. The highest BCUT2D eigenvalue weighted by Gasteiger charge is 2.26. The van der Waals surface area contributed by atoms with Gasteiger partial charge in [-0.1, -0.05) is 97.1 Å². The van der Waals surface area contributed by atoms with Gasteiger partial charge in [0.25, 0.3) is 20.2 Å².